The van der Waals surface area contributed by atoms with Crippen LogP contribution in [0, 0.1) is 5.41 Å². The van der Waals surface area contributed by atoms with Crippen LogP contribution in [0.15, 0.2) is 54.9 Å². The van der Waals surface area contributed by atoms with Crippen LogP contribution in [0.2, 0.25) is 0 Å². The number of hydrogen-bond donors (Lipinski definition) is 1. The Labute approximate surface area is 219 Å². The van der Waals surface area contributed by atoms with Gasteiger partial charge in [0.05, 0.1) is 15.9 Å². The average Bonchev–Trinajstić information content (AvgIpc) is 3.62. The van der Waals surface area contributed by atoms with Crippen molar-refractivity contribution < 1.29 is 14.3 Å². The van der Waals surface area contributed by atoms with Crippen molar-refractivity contribution in [3.63, 3.8) is 0 Å². The van der Waals surface area contributed by atoms with E-state index >= 15 is 0 Å². The molecule has 4 aromatic rings. The highest BCUT2D eigenvalue weighted by molar-refractivity contribution is 7.16. The van der Waals surface area contributed by atoms with Crippen LogP contribution in [0.3, 0.4) is 0 Å². The quantitative estimate of drug-likeness (QED) is 0.385. The van der Waals surface area contributed by atoms with Crippen LogP contribution >= 0.6 is 11.3 Å². The fourth-order valence-electron chi connectivity index (χ4n) is 5.51. The Balaban J connectivity index is 1.20. The Kier molecular flexibility index (Phi) is 5.59. The summed E-state index contributed by atoms with van der Waals surface area (Å²) in [6, 6.07) is 13.7. The lowest BCUT2D eigenvalue weighted by atomic mass is 9.65. The van der Waals surface area contributed by atoms with Crippen molar-refractivity contribution in [2.24, 2.45) is 5.41 Å². The van der Waals surface area contributed by atoms with Gasteiger partial charge >= 0.3 is 6.09 Å². The zero-order chi connectivity index (χ0) is 25.8. The summed E-state index contributed by atoms with van der Waals surface area (Å²) in [5.41, 5.74) is 1.44. The number of ether oxygens (including phenoxy) is 1. The molecule has 1 aliphatic carbocycles. The van der Waals surface area contributed by atoms with Gasteiger partial charge in [0.2, 0.25) is 5.95 Å². The molecule has 9 nitrogen and oxygen atoms in total. The molecule has 1 aliphatic heterocycles. The number of thiophene rings is 1. The molecule has 4 heterocycles. The molecular weight excluding hydrogens is 488 g/mol. The maximum Gasteiger partial charge on any atom is 0.410 e. The highest BCUT2D eigenvalue weighted by atomic mass is 32.1. The Morgan fingerprint density at radius 3 is 2.70 bits per heavy atom. The van der Waals surface area contributed by atoms with Crippen molar-refractivity contribution >= 4 is 40.3 Å². The largest absolute Gasteiger partial charge is 0.444 e. The molecule has 0 unspecified atom stereocenters. The lowest BCUT2D eigenvalue weighted by Crippen LogP contribution is -2.43. The number of imidazole rings is 1. The minimum atomic E-state index is -0.500. The summed E-state index contributed by atoms with van der Waals surface area (Å²) in [6.45, 7) is 7.10. The predicted octanol–water partition coefficient (Wildman–Crippen LogP) is 5.50. The van der Waals surface area contributed by atoms with Crippen molar-refractivity contribution in [2.45, 2.75) is 51.7 Å². The number of fused-ring (bicyclic) bond motifs is 1. The maximum atomic E-state index is 13.2. The molecule has 0 radical (unpaired) electrons. The second-order valence-electron chi connectivity index (χ2n) is 11.1. The van der Waals surface area contributed by atoms with Gasteiger partial charge in [-0.1, -0.05) is 12.1 Å². The lowest BCUT2D eigenvalue weighted by molar-refractivity contribution is 0.0199. The van der Waals surface area contributed by atoms with E-state index in [4.69, 9.17) is 9.72 Å². The van der Waals surface area contributed by atoms with Crippen molar-refractivity contribution in [1.82, 2.24) is 24.2 Å². The van der Waals surface area contributed by atoms with E-state index < -0.39 is 5.60 Å². The van der Waals surface area contributed by atoms with Gasteiger partial charge in [-0.3, -0.25) is 10.1 Å². The zero-order valence-electron chi connectivity index (χ0n) is 21.2. The number of benzene rings is 1. The van der Waals surface area contributed by atoms with Gasteiger partial charge in [0.1, 0.15) is 10.6 Å². The topological polar surface area (TPSA) is 94.3 Å². The first-order chi connectivity index (χ1) is 17.7. The number of anilines is 1. The molecule has 2 amide bonds. The van der Waals surface area contributed by atoms with Gasteiger partial charge in [0, 0.05) is 31.5 Å². The fraction of sp³-hybridized carbons (Fsp3) is 0.407. The molecule has 0 atom stereocenters. The normalized spacial score (nSPS) is 21.4. The minimum absolute atomic E-state index is 0.0840. The van der Waals surface area contributed by atoms with Gasteiger partial charge in [-0.2, -0.15) is 5.10 Å². The van der Waals surface area contributed by atoms with E-state index in [1.165, 1.54) is 11.3 Å². The summed E-state index contributed by atoms with van der Waals surface area (Å²) in [5, 5.41) is 8.18. The number of carbonyl (C=O) groups is 2. The second kappa shape index (κ2) is 8.72. The average molecular weight is 519 g/mol. The van der Waals surface area contributed by atoms with E-state index in [0.29, 0.717) is 23.9 Å². The number of likely N-dealkylation sites (tertiary alicyclic amines) is 1. The fourth-order valence-corrected chi connectivity index (χ4v) is 6.35. The van der Waals surface area contributed by atoms with Gasteiger partial charge in [0.15, 0.2) is 0 Å². The van der Waals surface area contributed by atoms with Crippen LogP contribution in [0.1, 0.15) is 55.7 Å². The third-order valence-electron chi connectivity index (χ3n) is 7.16. The van der Waals surface area contributed by atoms with E-state index in [1.807, 2.05) is 74.3 Å². The zero-order valence-corrected chi connectivity index (χ0v) is 22.0. The van der Waals surface area contributed by atoms with E-state index in [-0.39, 0.29) is 23.5 Å². The molecule has 3 aromatic heterocycles. The first-order valence-electron chi connectivity index (χ1n) is 12.6. The summed E-state index contributed by atoms with van der Waals surface area (Å²) >= 11 is 1.38. The molecule has 1 N–H and O–H groups in total. The highest BCUT2D eigenvalue weighted by Crippen LogP contribution is 2.55. The molecule has 0 bridgehead atoms. The van der Waals surface area contributed by atoms with Crippen LogP contribution in [-0.4, -0.2) is 54.9 Å². The minimum Gasteiger partial charge on any atom is -0.444 e. The molecule has 1 aromatic carbocycles. The number of aromatic nitrogens is 4. The Hall–Kier alpha value is -3.66. The molecule has 1 saturated heterocycles. The van der Waals surface area contributed by atoms with E-state index in [1.54, 1.807) is 10.9 Å². The molecule has 2 fully saturated rings. The molecule has 6 rings (SSSR count). The summed E-state index contributed by atoms with van der Waals surface area (Å²) < 4.78 is 9.50. The smallest absolute Gasteiger partial charge is 0.410 e. The van der Waals surface area contributed by atoms with E-state index in [2.05, 4.69) is 15.0 Å². The Morgan fingerprint density at radius 1 is 1.14 bits per heavy atom. The summed E-state index contributed by atoms with van der Waals surface area (Å²) in [5.74, 6) is 0.369. The monoisotopic (exact) mass is 518 g/mol. The molecule has 192 valence electrons. The van der Waals surface area contributed by atoms with E-state index in [9.17, 15) is 9.59 Å². The van der Waals surface area contributed by atoms with Crippen molar-refractivity contribution in [3.8, 4) is 5.00 Å². The van der Waals surface area contributed by atoms with Gasteiger partial charge in [-0.05, 0) is 75.8 Å². The first-order valence-corrected chi connectivity index (χ1v) is 13.4. The predicted molar refractivity (Wildman–Crippen MR) is 142 cm³/mol. The number of amides is 2. The molecule has 37 heavy (non-hydrogen) atoms. The number of carbonyl (C=O) groups excluding carboxylic acids is 2. The number of para-hydroxylation sites is 2. The van der Waals surface area contributed by atoms with Crippen LogP contribution in [0.5, 0.6) is 0 Å². The van der Waals surface area contributed by atoms with Crippen LogP contribution < -0.4 is 5.32 Å². The third kappa shape index (κ3) is 4.50. The first kappa shape index (κ1) is 23.7. The van der Waals surface area contributed by atoms with E-state index in [0.717, 1.165) is 35.3 Å². The Morgan fingerprint density at radius 2 is 1.95 bits per heavy atom. The third-order valence-corrected chi connectivity index (χ3v) is 8.23. The van der Waals surface area contributed by atoms with Crippen LogP contribution in [-0.2, 0) is 4.74 Å². The van der Waals surface area contributed by atoms with Crippen molar-refractivity contribution in [3.05, 3.63) is 59.7 Å². The Bertz CT molecular complexity index is 1460. The molecule has 2 aliphatic rings. The summed E-state index contributed by atoms with van der Waals surface area (Å²) in [7, 11) is 0. The van der Waals surface area contributed by atoms with Gasteiger partial charge in [-0.25, -0.2) is 14.5 Å². The summed E-state index contributed by atoms with van der Waals surface area (Å²) in [6.07, 6.45) is 6.15. The molecular formula is C27H30N6O3S. The number of hydrogen-bond acceptors (Lipinski definition) is 6. The standard InChI is InChI=1S/C27H30N6O3S/c1-26(2,3)36-25(35)31-14-11-27(17-31)15-18(16-27)33-20-8-5-4-7-19(20)29-24(33)30-23(34)21-9-10-22(37-21)32-13-6-12-28-32/h4-10,12-13,18H,11,14-17H2,1-3H3,(H,29,30,34)/t18-,27-. The van der Waals surface area contributed by atoms with Crippen molar-refractivity contribution in [1.29, 1.82) is 0 Å². The highest BCUT2D eigenvalue weighted by Gasteiger charge is 2.51. The maximum absolute atomic E-state index is 13.2. The SMILES string of the molecule is CC(C)(C)OC(=O)N1CC[C@]2(C1)C[C@H](n1c(NC(=O)c3ccc(-n4cccn4)s3)nc3ccccc31)C2. The lowest BCUT2D eigenvalue weighted by Gasteiger charge is -2.46. The number of nitrogens with one attached hydrogen (secondary N) is 1. The second-order valence-corrected chi connectivity index (χ2v) is 12.1. The molecule has 1 saturated carbocycles. The van der Waals surface area contributed by atoms with Crippen LogP contribution in [0.4, 0.5) is 10.7 Å². The molecule has 1 spiro atoms. The number of nitrogens with zero attached hydrogens (tertiary/aromatic N) is 5. The van der Waals surface area contributed by atoms with Gasteiger partial charge in [0.25, 0.3) is 5.91 Å². The molecule has 10 heteroatoms. The van der Waals surface area contributed by atoms with Crippen molar-refractivity contribution in [2.75, 3.05) is 18.4 Å². The van der Waals surface area contributed by atoms with Gasteiger partial charge in [-0.15, -0.1) is 11.3 Å². The van der Waals surface area contributed by atoms with Gasteiger partial charge < -0.3 is 14.2 Å². The number of rotatable bonds is 4. The van der Waals surface area contributed by atoms with Crippen LogP contribution in [0.25, 0.3) is 16.0 Å². The summed E-state index contributed by atoms with van der Waals surface area (Å²) in [4.78, 5) is 33.0.